The molecule has 0 aromatic heterocycles. The molecule has 2 aliphatic rings. The average Bonchev–Trinajstić information content (AvgIpc) is 2.62. The van der Waals surface area contributed by atoms with Crippen LogP contribution >= 0.6 is 0 Å². The van der Waals surface area contributed by atoms with Gasteiger partial charge in [-0.15, -0.1) is 0 Å². The van der Waals surface area contributed by atoms with Crippen molar-refractivity contribution in [3.8, 4) is 0 Å². The molecular formula is C19H30N4O2. The zero-order valence-electron chi connectivity index (χ0n) is 15.4. The van der Waals surface area contributed by atoms with Crippen molar-refractivity contribution in [1.82, 2.24) is 14.7 Å². The van der Waals surface area contributed by atoms with Crippen molar-refractivity contribution < 1.29 is 9.53 Å². The van der Waals surface area contributed by atoms with Crippen molar-refractivity contribution in [2.24, 2.45) is 0 Å². The van der Waals surface area contributed by atoms with Crippen LogP contribution in [0, 0.1) is 0 Å². The zero-order valence-corrected chi connectivity index (χ0v) is 15.4. The molecule has 0 radical (unpaired) electrons. The van der Waals surface area contributed by atoms with Crippen LogP contribution < -0.4 is 5.73 Å². The lowest BCUT2D eigenvalue weighted by molar-refractivity contribution is -0.0555. The maximum absolute atomic E-state index is 12.6. The van der Waals surface area contributed by atoms with Gasteiger partial charge in [0.25, 0.3) is 5.91 Å². The highest BCUT2D eigenvalue weighted by molar-refractivity contribution is 5.99. The Bertz CT molecular complexity index is 585. The average molecular weight is 346 g/mol. The first-order valence-electron chi connectivity index (χ1n) is 9.26. The number of anilines is 1. The molecule has 2 heterocycles. The van der Waals surface area contributed by atoms with Crippen LogP contribution in [0.15, 0.2) is 24.3 Å². The summed E-state index contributed by atoms with van der Waals surface area (Å²) >= 11 is 0. The van der Waals surface area contributed by atoms with E-state index in [2.05, 4.69) is 23.6 Å². The number of benzene rings is 1. The SMILES string of the molecule is CC(C)N1CCOC(CN2CCN(C(=O)c3ccccc3N)CC2)C1. The van der Waals surface area contributed by atoms with Gasteiger partial charge >= 0.3 is 0 Å². The van der Waals surface area contributed by atoms with Gasteiger partial charge in [0.2, 0.25) is 0 Å². The quantitative estimate of drug-likeness (QED) is 0.829. The fraction of sp³-hybridized carbons (Fsp3) is 0.632. The van der Waals surface area contributed by atoms with Gasteiger partial charge in [0, 0.05) is 57.5 Å². The third-order valence-corrected chi connectivity index (χ3v) is 5.21. The van der Waals surface area contributed by atoms with E-state index in [1.807, 2.05) is 17.0 Å². The topological polar surface area (TPSA) is 62.0 Å². The van der Waals surface area contributed by atoms with Gasteiger partial charge in [0.1, 0.15) is 0 Å². The zero-order chi connectivity index (χ0) is 17.8. The standard InChI is InChI=1S/C19H30N4O2/c1-15(2)23-11-12-25-16(14-23)13-21-7-9-22(10-8-21)19(24)17-5-3-4-6-18(17)20/h3-6,15-16H,7-14,20H2,1-2H3. The molecule has 1 unspecified atom stereocenters. The number of carbonyl (C=O) groups is 1. The first-order chi connectivity index (χ1) is 12.0. The van der Waals surface area contributed by atoms with E-state index < -0.39 is 0 Å². The number of para-hydroxylation sites is 1. The fourth-order valence-electron chi connectivity index (χ4n) is 3.61. The van der Waals surface area contributed by atoms with Gasteiger partial charge in [-0.05, 0) is 26.0 Å². The van der Waals surface area contributed by atoms with E-state index in [1.165, 1.54) is 0 Å². The van der Waals surface area contributed by atoms with Gasteiger partial charge in [-0.2, -0.15) is 0 Å². The molecule has 2 saturated heterocycles. The number of piperazine rings is 1. The normalized spacial score (nSPS) is 23.2. The van der Waals surface area contributed by atoms with Crippen molar-refractivity contribution >= 4 is 11.6 Å². The maximum atomic E-state index is 12.6. The van der Waals surface area contributed by atoms with E-state index in [0.29, 0.717) is 17.3 Å². The van der Waals surface area contributed by atoms with Crippen LogP contribution in [-0.4, -0.2) is 85.2 Å². The van der Waals surface area contributed by atoms with Gasteiger partial charge in [-0.25, -0.2) is 0 Å². The predicted octanol–water partition coefficient (Wildman–Crippen LogP) is 1.14. The maximum Gasteiger partial charge on any atom is 0.256 e. The van der Waals surface area contributed by atoms with Gasteiger partial charge in [-0.3, -0.25) is 14.6 Å². The summed E-state index contributed by atoms with van der Waals surface area (Å²) < 4.78 is 5.94. The molecule has 0 spiro atoms. The Morgan fingerprint density at radius 1 is 1.20 bits per heavy atom. The van der Waals surface area contributed by atoms with Crippen LogP contribution in [0.25, 0.3) is 0 Å². The number of ether oxygens (including phenoxy) is 1. The smallest absolute Gasteiger partial charge is 0.256 e. The summed E-state index contributed by atoms with van der Waals surface area (Å²) in [6.07, 6.45) is 0.267. The summed E-state index contributed by atoms with van der Waals surface area (Å²) in [4.78, 5) is 19.4. The van der Waals surface area contributed by atoms with Crippen LogP contribution in [0.3, 0.4) is 0 Å². The van der Waals surface area contributed by atoms with Crippen LogP contribution in [0.1, 0.15) is 24.2 Å². The first kappa shape index (κ1) is 18.2. The highest BCUT2D eigenvalue weighted by Gasteiger charge is 2.27. The largest absolute Gasteiger partial charge is 0.398 e. The second kappa shape index (κ2) is 8.17. The minimum Gasteiger partial charge on any atom is -0.398 e. The van der Waals surface area contributed by atoms with E-state index >= 15 is 0 Å². The van der Waals surface area contributed by atoms with Crippen molar-refractivity contribution in [2.75, 3.05) is 58.2 Å². The minimum absolute atomic E-state index is 0.0395. The van der Waals surface area contributed by atoms with Crippen molar-refractivity contribution in [3.05, 3.63) is 29.8 Å². The number of morpholine rings is 1. The predicted molar refractivity (Wildman–Crippen MR) is 99.6 cm³/mol. The molecule has 0 bridgehead atoms. The van der Waals surface area contributed by atoms with Gasteiger partial charge in [-0.1, -0.05) is 12.1 Å². The van der Waals surface area contributed by atoms with E-state index in [9.17, 15) is 4.79 Å². The molecule has 0 saturated carbocycles. The van der Waals surface area contributed by atoms with Gasteiger partial charge < -0.3 is 15.4 Å². The Kier molecular flexibility index (Phi) is 5.93. The number of carbonyl (C=O) groups excluding carboxylic acids is 1. The van der Waals surface area contributed by atoms with Crippen molar-refractivity contribution in [1.29, 1.82) is 0 Å². The van der Waals surface area contributed by atoms with Crippen LogP contribution in [-0.2, 0) is 4.74 Å². The summed E-state index contributed by atoms with van der Waals surface area (Å²) in [5.41, 5.74) is 7.10. The third-order valence-electron chi connectivity index (χ3n) is 5.21. The Hall–Kier alpha value is -1.63. The molecule has 2 fully saturated rings. The van der Waals surface area contributed by atoms with E-state index in [0.717, 1.165) is 52.4 Å². The third kappa shape index (κ3) is 4.51. The lowest BCUT2D eigenvalue weighted by atomic mass is 10.1. The number of hydrogen-bond acceptors (Lipinski definition) is 5. The Morgan fingerprint density at radius 3 is 2.60 bits per heavy atom. The molecule has 3 rings (SSSR count). The minimum atomic E-state index is 0.0395. The van der Waals surface area contributed by atoms with E-state index in [4.69, 9.17) is 10.5 Å². The Balaban J connectivity index is 1.49. The summed E-state index contributed by atoms with van der Waals surface area (Å²) in [5.74, 6) is 0.0395. The fourth-order valence-corrected chi connectivity index (χ4v) is 3.61. The number of rotatable bonds is 4. The van der Waals surface area contributed by atoms with Crippen LogP contribution in [0.4, 0.5) is 5.69 Å². The van der Waals surface area contributed by atoms with Crippen molar-refractivity contribution in [3.63, 3.8) is 0 Å². The lowest BCUT2D eigenvalue weighted by Crippen LogP contribution is -2.54. The van der Waals surface area contributed by atoms with Crippen LogP contribution in [0.5, 0.6) is 0 Å². The number of nitrogens with two attached hydrogens (primary N) is 1. The molecule has 25 heavy (non-hydrogen) atoms. The molecule has 6 nitrogen and oxygen atoms in total. The Labute approximate surface area is 150 Å². The first-order valence-corrected chi connectivity index (χ1v) is 9.26. The van der Waals surface area contributed by atoms with Gasteiger partial charge in [0.05, 0.1) is 18.3 Å². The molecular weight excluding hydrogens is 316 g/mol. The summed E-state index contributed by atoms with van der Waals surface area (Å²) in [7, 11) is 0. The number of hydrogen-bond donors (Lipinski definition) is 1. The highest BCUT2D eigenvalue weighted by atomic mass is 16.5. The van der Waals surface area contributed by atoms with Crippen molar-refractivity contribution in [2.45, 2.75) is 26.0 Å². The van der Waals surface area contributed by atoms with E-state index in [-0.39, 0.29) is 12.0 Å². The Morgan fingerprint density at radius 2 is 1.92 bits per heavy atom. The van der Waals surface area contributed by atoms with Gasteiger partial charge in [0.15, 0.2) is 0 Å². The molecule has 1 aromatic carbocycles. The molecule has 1 atom stereocenters. The molecule has 1 aromatic rings. The highest BCUT2D eigenvalue weighted by Crippen LogP contribution is 2.16. The summed E-state index contributed by atoms with van der Waals surface area (Å²) in [6, 6.07) is 7.87. The number of nitrogens with zero attached hydrogens (tertiary/aromatic N) is 3. The summed E-state index contributed by atoms with van der Waals surface area (Å²) in [5, 5.41) is 0. The molecule has 0 aliphatic carbocycles. The number of nitrogen functional groups attached to an aromatic ring is 1. The second-order valence-corrected chi connectivity index (χ2v) is 7.26. The lowest BCUT2D eigenvalue weighted by Gasteiger charge is -2.40. The molecule has 138 valence electrons. The second-order valence-electron chi connectivity index (χ2n) is 7.26. The molecule has 6 heteroatoms. The number of amides is 1. The van der Waals surface area contributed by atoms with E-state index in [1.54, 1.807) is 12.1 Å². The molecule has 2 N–H and O–H groups in total. The monoisotopic (exact) mass is 346 g/mol. The summed E-state index contributed by atoms with van der Waals surface area (Å²) in [6.45, 7) is 11.5. The molecule has 1 amide bonds. The van der Waals surface area contributed by atoms with Crippen LogP contribution in [0.2, 0.25) is 0 Å². The molecule has 2 aliphatic heterocycles.